The van der Waals surface area contributed by atoms with Gasteiger partial charge in [-0.2, -0.15) is 0 Å². The molecule has 1 saturated heterocycles. The van der Waals surface area contributed by atoms with Gasteiger partial charge in [0.25, 0.3) is 0 Å². The number of rotatable bonds is 4. The summed E-state index contributed by atoms with van der Waals surface area (Å²) in [5.41, 5.74) is 5.49. The average molecular weight is 382 g/mol. The Labute approximate surface area is 163 Å². The molecule has 4 rings (SSSR count). The molecular formula is C21H23N3O2S. The Balaban J connectivity index is 1.37. The first-order chi connectivity index (χ1) is 13.2. The number of piperidine rings is 1. The molecule has 0 radical (unpaired) electrons. The van der Waals surface area contributed by atoms with Gasteiger partial charge in [0.05, 0.1) is 17.1 Å². The molecule has 1 unspecified atom stereocenters. The molecule has 1 N–H and O–H groups in total. The first-order valence-electron chi connectivity index (χ1n) is 9.48. The van der Waals surface area contributed by atoms with Crippen LogP contribution in [0.3, 0.4) is 0 Å². The van der Waals surface area contributed by atoms with Gasteiger partial charge in [0.2, 0.25) is 11.8 Å². The smallest absolute Gasteiger partial charge is 0.249 e. The molecule has 6 heteroatoms. The molecule has 1 aliphatic carbocycles. The Hall–Kier alpha value is -2.47. The Morgan fingerprint density at radius 3 is 2.74 bits per heavy atom. The van der Waals surface area contributed by atoms with Crippen molar-refractivity contribution < 1.29 is 9.59 Å². The highest BCUT2D eigenvalue weighted by atomic mass is 32.1. The summed E-state index contributed by atoms with van der Waals surface area (Å²) in [4.78, 5) is 31.4. The molecule has 2 amide bonds. The number of hydrogen-bond acceptors (Lipinski definition) is 4. The first-order valence-corrected chi connectivity index (χ1v) is 10.4. The highest BCUT2D eigenvalue weighted by Crippen LogP contribution is 2.25. The second kappa shape index (κ2) is 8.05. The lowest BCUT2D eigenvalue weighted by molar-refractivity contribution is -0.131. The van der Waals surface area contributed by atoms with Crippen molar-refractivity contribution in [3.05, 3.63) is 46.8 Å². The van der Waals surface area contributed by atoms with E-state index in [2.05, 4.69) is 16.4 Å². The van der Waals surface area contributed by atoms with Gasteiger partial charge < -0.3 is 10.2 Å². The van der Waals surface area contributed by atoms with Crippen molar-refractivity contribution in [3.63, 3.8) is 0 Å². The SMILES string of the molecule is O=C(Nc1ccc(-c2cscn2)cc1)C1CCCN(C(=O)C2=CCCC2)C1. The van der Waals surface area contributed by atoms with E-state index >= 15 is 0 Å². The molecule has 1 fully saturated rings. The summed E-state index contributed by atoms with van der Waals surface area (Å²) in [7, 11) is 0. The summed E-state index contributed by atoms with van der Waals surface area (Å²) in [6.45, 7) is 1.27. The fourth-order valence-electron chi connectivity index (χ4n) is 3.77. The maximum absolute atomic E-state index is 12.7. The normalized spacial score (nSPS) is 19.6. The number of nitrogens with one attached hydrogen (secondary N) is 1. The van der Waals surface area contributed by atoms with Crippen LogP contribution in [-0.2, 0) is 9.59 Å². The number of anilines is 1. The Morgan fingerprint density at radius 2 is 2.04 bits per heavy atom. The molecule has 1 atom stereocenters. The van der Waals surface area contributed by atoms with E-state index in [-0.39, 0.29) is 17.7 Å². The molecule has 0 bridgehead atoms. The Bertz CT molecular complexity index is 843. The zero-order chi connectivity index (χ0) is 18.6. The zero-order valence-corrected chi connectivity index (χ0v) is 16.0. The van der Waals surface area contributed by atoms with Crippen molar-refractivity contribution in [2.75, 3.05) is 18.4 Å². The molecule has 0 saturated carbocycles. The third-order valence-electron chi connectivity index (χ3n) is 5.28. The number of likely N-dealkylation sites (tertiary alicyclic amines) is 1. The largest absolute Gasteiger partial charge is 0.338 e. The van der Waals surface area contributed by atoms with Crippen LogP contribution in [0.4, 0.5) is 5.69 Å². The van der Waals surface area contributed by atoms with Crippen molar-refractivity contribution in [3.8, 4) is 11.3 Å². The summed E-state index contributed by atoms with van der Waals surface area (Å²) < 4.78 is 0. The third kappa shape index (κ3) is 4.11. The summed E-state index contributed by atoms with van der Waals surface area (Å²) in [5, 5.41) is 5.00. The minimum atomic E-state index is -0.150. The summed E-state index contributed by atoms with van der Waals surface area (Å²) in [6.07, 6.45) is 6.68. The van der Waals surface area contributed by atoms with Gasteiger partial charge >= 0.3 is 0 Å². The molecule has 2 aromatic rings. The quantitative estimate of drug-likeness (QED) is 0.867. The van der Waals surface area contributed by atoms with Crippen LogP contribution < -0.4 is 5.32 Å². The monoisotopic (exact) mass is 381 g/mol. The first kappa shape index (κ1) is 17.9. The molecule has 1 aromatic heterocycles. The van der Waals surface area contributed by atoms with Crippen molar-refractivity contribution in [2.45, 2.75) is 32.1 Å². The minimum Gasteiger partial charge on any atom is -0.338 e. The molecule has 1 aliphatic heterocycles. The van der Waals surface area contributed by atoms with Gasteiger partial charge in [0.15, 0.2) is 0 Å². The van der Waals surface area contributed by atoms with Crippen LogP contribution in [0.2, 0.25) is 0 Å². The Kier molecular flexibility index (Phi) is 5.34. The lowest BCUT2D eigenvalue weighted by Crippen LogP contribution is -2.44. The van der Waals surface area contributed by atoms with Gasteiger partial charge in [0.1, 0.15) is 0 Å². The summed E-state index contributed by atoms with van der Waals surface area (Å²) in [6, 6.07) is 7.74. The maximum Gasteiger partial charge on any atom is 0.249 e. The highest BCUT2D eigenvalue weighted by Gasteiger charge is 2.30. The van der Waals surface area contributed by atoms with Crippen molar-refractivity contribution in [1.29, 1.82) is 0 Å². The van der Waals surface area contributed by atoms with Gasteiger partial charge in [-0.25, -0.2) is 4.98 Å². The summed E-state index contributed by atoms with van der Waals surface area (Å²) >= 11 is 1.56. The molecular weight excluding hydrogens is 358 g/mol. The third-order valence-corrected chi connectivity index (χ3v) is 5.86. The number of allylic oxidation sites excluding steroid dienone is 1. The number of benzene rings is 1. The van der Waals surface area contributed by atoms with Crippen LogP contribution in [0, 0.1) is 5.92 Å². The number of carbonyl (C=O) groups is 2. The second-order valence-electron chi connectivity index (χ2n) is 7.15. The predicted octanol–water partition coefficient (Wildman–Crippen LogP) is 4.10. The lowest BCUT2D eigenvalue weighted by Gasteiger charge is -2.32. The minimum absolute atomic E-state index is 0.00527. The van der Waals surface area contributed by atoms with Gasteiger partial charge in [-0.15, -0.1) is 11.3 Å². The van der Waals surface area contributed by atoms with Crippen molar-refractivity contribution >= 4 is 28.8 Å². The van der Waals surface area contributed by atoms with E-state index in [1.807, 2.05) is 40.1 Å². The molecule has 0 spiro atoms. The second-order valence-corrected chi connectivity index (χ2v) is 7.87. The lowest BCUT2D eigenvalue weighted by atomic mass is 9.96. The van der Waals surface area contributed by atoms with E-state index in [1.54, 1.807) is 11.3 Å². The predicted molar refractivity (Wildman–Crippen MR) is 107 cm³/mol. The van der Waals surface area contributed by atoms with E-state index in [0.717, 1.165) is 61.2 Å². The van der Waals surface area contributed by atoms with Crippen LogP contribution in [-0.4, -0.2) is 34.8 Å². The van der Waals surface area contributed by atoms with Crippen LogP contribution in [0.15, 0.2) is 46.8 Å². The van der Waals surface area contributed by atoms with Crippen molar-refractivity contribution in [2.24, 2.45) is 5.92 Å². The zero-order valence-electron chi connectivity index (χ0n) is 15.2. The number of carbonyl (C=O) groups excluding carboxylic acids is 2. The standard InChI is InChI=1S/C21H23N3O2S/c25-20(23-18-9-7-15(8-10-18)19-13-27-14-22-19)17-6-3-11-24(12-17)21(26)16-4-1-2-5-16/h4,7-10,13-14,17H,1-3,5-6,11-12H2,(H,23,25). The maximum atomic E-state index is 12.7. The van der Waals surface area contributed by atoms with E-state index in [1.165, 1.54) is 0 Å². The molecule has 5 nitrogen and oxygen atoms in total. The van der Waals surface area contributed by atoms with Crippen LogP contribution in [0.5, 0.6) is 0 Å². The van der Waals surface area contributed by atoms with Crippen molar-refractivity contribution in [1.82, 2.24) is 9.88 Å². The number of nitrogens with zero attached hydrogens (tertiary/aromatic N) is 2. The number of thiazole rings is 1. The number of aromatic nitrogens is 1. The summed E-state index contributed by atoms with van der Waals surface area (Å²) in [5.74, 6) is -0.0326. The number of amides is 2. The molecule has 140 valence electrons. The fourth-order valence-corrected chi connectivity index (χ4v) is 4.33. The van der Waals surface area contributed by atoms with Gasteiger partial charge in [0, 0.05) is 35.3 Å². The van der Waals surface area contributed by atoms with E-state index in [4.69, 9.17) is 0 Å². The Morgan fingerprint density at radius 1 is 1.19 bits per heavy atom. The van der Waals surface area contributed by atoms with Gasteiger partial charge in [-0.05, 0) is 44.2 Å². The molecule has 2 aliphatic rings. The van der Waals surface area contributed by atoms with Gasteiger partial charge in [-0.3, -0.25) is 9.59 Å². The highest BCUT2D eigenvalue weighted by molar-refractivity contribution is 7.07. The average Bonchev–Trinajstić information content (AvgIpc) is 3.42. The topological polar surface area (TPSA) is 62.3 Å². The fraction of sp³-hybridized carbons (Fsp3) is 0.381. The van der Waals surface area contributed by atoms with E-state index < -0.39 is 0 Å². The molecule has 2 heterocycles. The van der Waals surface area contributed by atoms with Crippen LogP contribution >= 0.6 is 11.3 Å². The van der Waals surface area contributed by atoms with Crippen LogP contribution in [0.25, 0.3) is 11.3 Å². The molecule has 1 aromatic carbocycles. The molecule has 27 heavy (non-hydrogen) atoms. The van der Waals surface area contributed by atoms with Gasteiger partial charge in [-0.1, -0.05) is 18.2 Å². The van der Waals surface area contributed by atoms with Crippen LogP contribution in [0.1, 0.15) is 32.1 Å². The van der Waals surface area contributed by atoms with E-state index in [9.17, 15) is 9.59 Å². The number of hydrogen-bond donors (Lipinski definition) is 1. The van der Waals surface area contributed by atoms with E-state index in [0.29, 0.717) is 6.54 Å².